The third-order valence-electron chi connectivity index (χ3n) is 7.40. The molecule has 3 saturated heterocycles. The van der Waals surface area contributed by atoms with Crippen LogP contribution in [0.1, 0.15) is 29.7 Å². The molecule has 172 valence electrons. The summed E-state index contributed by atoms with van der Waals surface area (Å²) in [5.74, 6) is 0.501. The van der Waals surface area contributed by atoms with Crippen LogP contribution in [-0.4, -0.2) is 42.9 Å². The number of nitrogens with zero attached hydrogens (tertiary/aromatic N) is 2. The second-order valence-electron chi connectivity index (χ2n) is 9.54. The number of carbonyl (C=O) groups is 1. The molecule has 3 fully saturated rings. The van der Waals surface area contributed by atoms with Crippen LogP contribution in [-0.2, 0) is 17.7 Å². The third kappa shape index (κ3) is 5.31. The summed E-state index contributed by atoms with van der Waals surface area (Å²) in [6.45, 7) is 5.13. The van der Waals surface area contributed by atoms with Crippen molar-refractivity contribution < 1.29 is 14.0 Å². The number of amides is 1. The molecule has 2 bridgehead atoms. The zero-order valence-electron chi connectivity index (χ0n) is 19.1. The number of quaternary nitrogens is 1. The van der Waals surface area contributed by atoms with Gasteiger partial charge in [0.25, 0.3) is 0 Å². The quantitative estimate of drug-likeness (QED) is 0.378. The van der Waals surface area contributed by atoms with Crippen molar-refractivity contribution in [2.24, 2.45) is 5.92 Å². The van der Waals surface area contributed by atoms with E-state index in [0.717, 1.165) is 28.7 Å². The molecular formula is C28H33N2O2S+. The first-order chi connectivity index (χ1) is 16.2. The van der Waals surface area contributed by atoms with Crippen LogP contribution in [0.15, 0.2) is 78.2 Å². The zero-order valence-corrected chi connectivity index (χ0v) is 20.0. The minimum atomic E-state index is -0.222. The first-order valence-corrected chi connectivity index (χ1v) is 13.0. The smallest absolute Gasteiger partial charge is 0.415 e. The Kier molecular flexibility index (Phi) is 6.79. The van der Waals surface area contributed by atoms with E-state index in [4.69, 9.17) is 4.74 Å². The molecule has 33 heavy (non-hydrogen) atoms. The second kappa shape index (κ2) is 10.1. The van der Waals surface area contributed by atoms with E-state index in [0.29, 0.717) is 12.5 Å². The summed E-state index contributed by atoms with van der Waals surface area (Å²) in [5.41, 5.74) is 1.98. The van der Waals surface area contributed by atoms with Crippen LogP contribution in [0.4, 0.5) is 10.5 Å². The lowest BCUT2D eigenvalue weighted by Gasteiger charge is -2.52. The summed E-state index contributed by atoms with van der Waals surface area (Å²) < 4.78 is 7.38. The lowest BCUT2D eigenvalue weighted by molar-refractivity contribution is -0.946. The molecule has 1 amide bonds. The van der Waals surface area contributed by atoms with Crippen molar-refractivity contribution in [3.63, 3.8) is 0 Å². The summed E-state index contributed by atoms with van der Waals surface area (Å²) in [7, 11) is 0. The number of benzene rings is 2. The van der Waals surface area contributed by atoms with E-state index >= 15 is 0 Å². The largest absolute Gasteiger partial charge is 0.440 e. The summed E-state index contributed by atoms with van der Waals surface area (Å²) in [6, 6.07) is 24.4. The minimum Gasteiger partial charge on any atom is -0.440 e. The molecule has 2 aromatic carbocycles. The predicted octanol–water partition coefficient (Wildman–Crippen LogP) is 6.13. The highest BCUT2D eigenvalue weighted by Crippen LogP contribution is 2.36. The zero-order chi connectivity index (χ0) is 22.5. The number of aryl methyl sites for hydroxylation is 1. The van der Waals surface area contributed by atoms with Gasteiger partial charge in [-0.15, -0.1) is 11.3 Å². The van der Waals surface area contributed by atoms with Gasteiger partial charge in [0.05, 0.1) is 26.2 Å². The van der Waals surface area contributed by atoms with Crippen molar-refractivity contribution >= 4 is 23.1 Å². The Bertz CT molecular complexity index is 1010. The average Bonchev–Trinajstić information content (AvgIpc) is 3.38. The van der Waals surface area contributed by atoms with Crippen molar-refractivity contribution in [3.8, 4) is 0 Å². The van der Waals surface area contributed by atoms with Gasteiger partial charge in [0.15, 0.2) is 6.10 Å². The Morgan fingerprint density at radius 3 is 2.39 bits per heavy atom. The average molecular weight is 462 g/mol. The minimum absolute atomic E-state index is 0.0173. The molecule has 4 heterocycles. The summed E-state index contributed by atoms with van der Waals surface area (Å²) in [4.78, 5) is 16.7. The Balaban J connectivity index is 1.26. The monoisotopic (exact) mass is 461 g/mol. The van der Waals surface area contributed by atoms with Crippen LogP contribution in [0.5, 0.6) is 0 Å². The van der Waals surface area contributed by atoms with Crippen LogP contribution in [0, 0.1) is 5.92 Å². The van der Waals surface area contributed by atoms with Crippen molar-refractivity contribution in [1.82, 2.24) is 0 Å². The van der Waals surface area contributed by atoms with Gasteiger partial charge >= 0.3 is 6.09 Å². The molecule has 0 spiro atoms. The fourth-order valence-electron chi connectivity index (χ4n) is 5.54. The van der Waals surface area contributed by atoms with E-state index in [9.17, 15) is 4.79 Å². The maximum absolute atomic E-state index is 13.5. The highest BCUT2D eigenvalue weighted by molar-refractivity contribution is 7.09. The number of hydrogen-bond acceptors (Lipinski definition) is 3. The predicted molar refractivity (Wildman–Crippen MR) is 134 cm³/mol. The number of para-hydroxylation sites is 1. The Labute approximate surface area is 201 Å². The van der Waals surface area contributed by atoms with Gasteiger partial charge in [-0.2, -0.15) is 0 Å². The molecule has 0 saturated carbocycles. The SMILES string of the molecule is O=C(O[C@H]1C[N+]2(CCCc3cccs3)CCC1CC2)N(Cc1ccccc1)c1ccccc1. The summed E-state index contributed by atoms with van der Waals surface area (Å²) in [6.07, 6.45) is 4.49. The van der Waals surface area contributed by atoms with Crippen LogP contribution < -0.4 is 4.90 Å². The molecule has 6 rings (SSSR count). The highest BCUT2D eigenvalue weighted by Gasteiger charge is 2.47. The van der Waals surface area contributed by atoms with E-state index in [2.05, 4.69) is 29.6 Å². The highest BCUT2D eigenvalue weighted by atomic mass is 32.1. The van der Waals surface area contributed by atoms with E-state index in [1.807, 2.05) is 59.9 Å². The van der Waals surface area contributed by atoms with Gasteiger partial charge in [-0.05, 0) is 35.6 Å². The van der Waals surface area contributed by atoms with Crippen LogP contribution in [0.3, 0.4) is 0 Å². The second-order valence-corrected chi connectivity index (χ2v) is 10.6. The topological polar surface area (TPSA) is 29.5 Å². The Morgan fingerprint density at radius 1 is 0.970 bits per heavy atom. The standard InChI is InChI=1S/C28H33N2O2S/c31-28(29(25-11-5-2-6-12-25)21-23-9-3-1-4-10-23)32-27-22-30(18-15-24(27)16-19-30)17-7-13-26-14-8-20-33-26/h1-6,8-12,14,20,24,27H,7,13,15-19,21-22H2/q+1/t24?,27-,30?/m0/s1. The van der Waals surface area contributed by atoms with E-state index < -0.39 is 0 Å². The summed E-state index contributed by atoms with van der Waals surface area (Å²) in [5, 5.41) is 2.16. The molecule has 0 aliphatic carbocycles. The van der Waals surface area contributed by atoms with Crippen molar-refractivity contribution in [3.05, 3.63) is 88.6 Å². The van der Waals surface area contributed by atoms with Gasteiger partial charge in [0.2, 0.25) is 0 Å². The molecule has 0 N–H and O–H groups in total. The number of fused-ring (bicyclic) bond motifs is 3. The first-order valence-electron chi connectivity index (χ1n) is 12.2. The lowest BCUT2D eigenvalue weighted by Crippen LogP contribution is -2.65. The number of hydrogen-bond donors (Lipinski definition) is 0. The van der Waals surface area contributed by atoms with Crippen molar-refractivity contribution in [1.29, 1.82) is 0 Å². The molecule has 3 aliphatic heterocycles. The van der Waals surface area contributed by atoms with Gasteiger partial charge < -0.3 is 9.22 Å². The molecular weight excluding hydrogens is 428 g/mol. The van der Waals surface area contributed by atoms with Gasteiger partial charge in [0.1, 0.15) is 6.54 Å². The molecule has 3 aliphatic rings. The molecule has 1 aromatic heterocycles. The maximum Gasteiger partial charge on any atom is 0.415 e. The number of rotatable bonds is 8. The summed E-state index contributed by atoms with van der Waals surface area (Å²) >= 11 is 1.85. The molecule has 5 heteroatoms. The normalized spacial score (nSPS) is 23.9. The maximum atomic E-state index is 13.5. The molecule has 3 aromatic rings. The Hall–Kier alpha value is -2.63. The Morgan fingerprint density at radius 2 is 1.70 bits per heavy atom. The van der Waals surface area contributed by atoms with Crippen LogP contribution in [0.2, 0.25) is 0 Å². The van der Waals surface area contributed by atoms with Crippen molar-refractivity contribution in [2.45, 2.75) is 38.3 Å². The molecule has 1 atom stereocenters. The molecule has 0 radical (unpaired) electrons. The van der Waals surface area contributed by atoms with Gasteiger partial charge in [-0.1, -0.05) is 54.6 Å². The first kappa shape index (κ1) is 22.2. The van der Waals surface area contributed by atoms with E-state index in [1.165, 1.54) is 43.8 Å². The van der Waals surface area contributed by atoms with E-state index in [1.54, 1.807) is 4.90 Å². The fourth-order valence-corrected chi connectivity index (χ4v) is 6.29. The van der Waals surface area contributed by atoms with Gasteiger partial charge in [-0.25, -0.2) is 4.79 Å². The van der Waals surface area contributed by atoms with Crippen molar-refractivity contribution in [2.75, 3.05) is 31.1 Å². The number of piperidine rings is 3. The van der Waals surface area contributed by atoms with Crippen LogP contribution in [0.25, 0.3) is 0 Å². The fraction of sp³-hybridized carbons (Fsp3) is 0.393. The molecule has 0 unspecified atom stereocenters. The third-order valence-corrected chi connectivity index (χ3v) is 8.34. The van der Waals surface area contributed by atoms with E-state index in [-0.39, 0.29) is 12.2 Å². The van der Waals surface area contributed by atoms with Crippen LogP contribution >= 0.6 is 11.3 Å². The van der Waals surface area contributed by atoms with Gasteiger partial charge in [0, 0.05) is 35.7 Å². The van der Waals surface area contributed by atoms with Gasteiger partial charge in [-0.3, -0.25) is 4.90 Å². The molecule has 4 nitrogen and oxygen atoms in total. The number of ether oxygens (including phenoxy) is 1. The lowest BCUT2D eigenvalue weighted by atomic mass is 9.83. The number of anilines is 1. The number of carbonyl (C=O) groups excluding carboxylic acids is 1. The number of thiophene rings is 1.